The fraction of sp³-hybridized carbons (Fsp3) is 0.219. The van der Waals surface area contributed by atoms with E-state index >= 15 is 0 Å². The molecule has 0 saturated carbocycles. The van der Waals surface area contributed by atoms with Crippen molar-refractivity contribution < 1.29 is 27.8 Å². The highest BCUT2D eigenvalue weighted by Gasteiger charge is 2.32. The number of nitrogens with zero attached hydrogens (tertiary/aromatic N) is 2. The number of hydrogen-bond acceptors (Lipinski definition) is 4. The Hall–Kier alpha value is -3.66. The van der Waals surface area contributed by atoms with Gasteiger partial charge in [-0.3, -0.25) is 4.68 Å². The number of benzene rings is 4. The van der Waals surface area contributed by atoms with Crippen LogP contribution in [0.15, 0.2) is 89.5 Å². The molecule has 0 radical (unpaired) electrons. The molecule has 0 saturated heterocycles. The van der Waals surface area contributed by atoms with Crippen LogP contribution in [0, 0.1) is 0 Å². The second-order valence-electron chi connectivity index (χ2n) is 10.1. The number of hydrogen-bond donors (Lipinski definition) is 1. The van der Waals surface area contributed by atoms with Gasteiger partial charge in [0.1, 0.15) is 11.9 Å². The van der Waals surface area contributed by atoms with Crippen LogP contribution in [0.5, 0.6) is 5.75 Å². The van der Waals surface area contributed by atoms with E-state index in [2.05, 4.69) is 39.2 Å². The summed E-state index contributed by atoms with van der Waals surface area (Å²) in [5, 5.41) is 17.5. The molecule has 1 N–H and O–H groups in total. The summed E-state index contributed by atoms with van der Waals surface area (Å²) >= 11 is 3.61. The van der Waals surface area contributed by atoms with Crippen molar-refractivity contribution >= 4 is 26.7 Å². The van der Waals surface area contributed by atoms with E-state index in [0.717, 1.165) is 55.4 Å². The van der Waals surface area contributed by atoms with Crippen LogP contribution in [0.3, 0.4) is 0 Å². The van der Waals surface area contributed by atoms with Gasteiger partial charge in [-0.05, 0) is 58.3 Å². The van der Waals surface area contributed by atoms with Gasteiger partial charge in [-0.25, -0.2) is 0 Å². The normalized spacial score (nSPS) is 15.4. The summed E-state index contributed by atoms with van der Waals surface area (Å²) in [4.78, 5) is 0. The molecule has 1 aliphatic carbocycles. The number of aromatic nitrogens is 2. The Morgan fingerprint density at radius 1 is 1.05 bits per heavy atom. The third kappa shape index (κ3) is 5.49. The van der Waals surface area contributed by atoms with Gasteiger partial charge < -0.3 is 14.6 Å². The predicted octanol–water partition coefficient (Wildman–Crippen LogP) is 7.56. The van der Waals surface area contributed by atoms with Crippen molar-refractivity contribution in [2.45, 2.75) is 31.3 Å². The van der Waals surface area contributed by atoms with Gasteiger partial charge in [-0.15, -0.1) is 0 Å². The lowest BCUT2D eigenvalue weighted by Crippen LogP contribution is -2.26. The van der Waals surface area contributed by atoms with Gasteiger partial charge in [-0.2, -0.15) is 18.3 Å². The first-order valence-corrected chi connectivity index (χ1v) is 13.9. The first-order valence-electron chi connectivity index (χ1n) is 13.1. The van der Waals surface area contributed by atoms with Crippen LogP contribution in [0.1, 0.15) is 33.9 Å². The van der Waals surface area contributed by atoms with Crippen LogP contribution in [0.25, 0.3) is 22.0 Å². The molecule has 9 heteroatoms. The molecule has 2 atom stereocenters. The molecule has 210 valence electrons. The predicted molar refractivity (Wildman–Crippen MR) is 154 cm³/mol. The van der Waals surface area contributed by atoms with E-state index in [1.807, 2.05) is 30.3 Å². The summed E-state index contributed by atoms with van der Waals surface area (Å²) in [7, 11) is 1.67. The van der Waals surface area contributed by atoms with Crippen LogP contribution >= 0.6 is 15.9 Å². The summed E-state index contributed by atoms with van der Waals surface area (Å²) in [6, 6.07) is 22.9. The number of aliphatic hydroxyl groups is 1. The number of aliphatic hydroxyl groups excluding tert-OH is 1. The monoisotopic (exact) mass is 622 g/mol. The van der Waals surface area contributed by atoms with Gasteiger partial charge in [0.25, 0.3) is 0 Å². The topological polar surface area (TPSA) is 56.5 Å². The van der Waals surface area contributed by atoms with Crippen molar-refractivity contribution in [3.63, 3.8) is 0 Å². The van der Waals surface area contributed by atoms with Crippen LogP contribution in [-0.4, -0.2) is 34.7 Å². The summed E-state index contributed by atoms with van der Waals surface area (Å²) < 4.78 is 53.5. The minimum absolute atomic E-state index is 0.0423. The average Bonchev–Trinajstić information content (AvgIpc) is 3.43. The minimum Gasteiger partial charge on any atom is -0.496 e. The van der Waals surface area contributed by atoms with E-state index in [0.29, 0.717) is 17.7 Å². The molecule has 5 nitrogen and oxygen atoms in total. The first-order chi connectivity index (χ1) is 19.7. The smallest absolute Gasteiger partial charge is 0.416 e. The first kappa shape index (κ1) is 27.5. The molecule has 1 aliphatic rings. The molecule has 0 aliphatic heterocycles. The van der Waals surface area contributed by atoms with E-state index in [-0.39, 0.29) is 13.2 Å². The molecule has 6 rings (SSSR count). The lowest BCUT2D eigenvalue weighted by molar-refractivity contribution is -0.137. The van der Waals surface area contributed by atoms with Crippen molar-refractivity contribution in [2.75, 3.05) is 13.7 Å². The fourth-order valence-corrected chi connectivity index (χ4v) is 5.83. The summed E-state index contributed by atoms with van der Waals surface area (Å²) in [6.07, 6.45) is -3.29. The zero-order valence-corrected chi connectivity index (χ0v) is 23.6. The Bertz CT molecular complexity index is 1720. The molecule has 1 heterocycles. The second-order valence-corrected chi connectivity index (χ2v) is 11.0. The van der Waals surface area contributed by atoms with Crippen LogP contribution in [0.4, 0.5) is 13.2 Å². The molecular formula is C32H26BrF3N2O3. The second kappa shape index (κ2) is 11.0. The lowest BCUT2D eigenvalue weighted by Gasteiger charge is -2.31. The Labute approximate surface area is 243 Å². The van der Waals surface area contributed by atoms with Crippen molar-refractivity contribution in [2.24, 2.45) is 0 Å². The molecule has 1 aromatic heterocycles. The molecule has 41 heavy (non-hydrogen) atoms. The van der Waals surface area contributed by atoms with Crippen LogP contribution in [-0.2, 0) is 23.9 Å². The zero-order chi connectivity index (χ0) is 28.7. The largest absolute Gasteiger partial charge is 0.496 e. The number of fused-ring (bicyclic) bond motifs is 4. The lowest BCUT2D eigenvalue weighted by atomic mass is 9.81. The number of ether oxygens (including phenoxy) is 2. The molecule has 5 aromatic rings. The number of rotatable bonds is 7. The Balaban J connectivity index is 1.24. The van der Waals surface area contributed by atoms with E-state index in [1.165, 1.54) is 12.1 Å². The minimum atomic E-state index is -4.39. The number of methoxy groups -OCH3 is 1. The maximum absolute atomic E-state index is 12.9. The Morgan fingerprint density at radius 3 is 2.59 bits per heavy atom. The van der Waals surface area contributed by atoms with Gasteiger partial charge in [0.15, 0.2) is 0 Å². The quantitative estimate of drug-likeness (QED) is 0.203. The SMILES string of the molecule is COc1cc2ccc(Br)cc2c2c1Cc1ccccc1C2OCC(O)Cn1ccc(-c2ccc(C(F)(F)F)cc2)n1. The number of halogens is 4. The van der Waals surface area contributed by atoms with Gasteiger partial charge >= 0.3 is 6.18 Å². The molecule has 0 spiro atoms. The van der Waals surface area contributed by atoms with Gasteiger partial charge in [0.05, 0.1) is 37.6 Å². The summed E-state index contributed by atoms with van der Waals surface area (Å²) in [6.45, 7) is 0.201. The average molecular weight is 623 g/mol. The third-order valence-electron chi connectivity index (χ3n) is 7.40. The van der Waals surface area contributed by atoms with Gasteiger partial charge in [0.2, 0.25) is 0 Å². The summed E-state index contributed by atoms with van der Waals surface area (Å²) in [5.41, 5.74) is 4.64. The molecule has 4 aromatic carbocycles. The fourth-order valence-electron chi connectivity index (χ4n) is 5.47. The molecule has 0 bridgehead atoms. The molecule has 0 fully saturated rings. The van der Waals surface area contributed by atoms with Crippen molar-refractivity contribution in [3.05, 3.63) is 117 Å². The standard InChI is InChI=1S/C32H26BrF3N2O3/c1-40-29-15-21-8-11-23(33)16-26(21)30-27(29)14-20-4-2-3-5-25(20)31(30)41-18-24(39)17-38-13-12-28(37-38)19-6-9-22(10-7-19)32(34,35)36/h2-13,15-16,24,31,39H,14,17-18H2,1H3. The van der Waals surface area contributed by atoms with Crippen LogP contribution in [0.2, 0.25) is 0 Å². The highest BCUT2D eigenvalue weighted by molar-refractivity contribution is 9.10. The van der Waals surface area contributed by atoms with E-state index in [1.54, 1.807) is 24.1 Å². The van der Waals surface area contributed by atoms with Crippen molar-refractivity contribution in [1.82, 2.24) is 9.78 Å². The van der Waals surface area contributed by atoms with Gasteiger partial charge in [-0.1, -0.05) is 58.4 Å². The maximum atomic E-state index is 12.9. The summed E-state index contributed by atoms with van der Waals surface area (Å²) in [5.74, 6) is 0.797. The van der Waals surface area contributed by atoms with Gasteiger partial charge in [0, 0.05) is 33.8 Å². The Kier molecular flexibility index (Phi) is 7.36. The maximum Gasteiger partial charge on any atom is 0.416 e. The van der Waals surface area contributed by atoms with Crippen molar-refractivity contribution in [1.29, 1.82) is 0 Å². The molecule has 2 unspecified atom stereocenters. The molecular weight excluding hydrogens is 597 g/mol. The van der Waals surface area contributed by atoms with Crippen LogP contribution < -0.4 is 4.74 Å². The van der Waals surface area contributed by atoms with E-state index in [4.69, 9.17) is 9.47 Å². The highest BCUT2D eigenvalue weighted by atomic mass is 79.9. The zero-order valence-electron chi connectivity index (χ0n) is 22.0. The van der Waals surface area contributed by atoms with Crippen molar-refractivity contribution in [3.8, 4) is 17.0 Å². The van der Waals surface area contributed by atoms with E-state index in [9.17, 15) is 18.3 Å². The highest BCUT2D eigenvalue weighted by Crippen LogP contribution is 2.45. The third-order valence-corrected chi connectivity index (χ3v) is 7.90. The Morgan fingerprint density at radius 2 is 1.83 bits per heavy atom. The number of alkyl halides is 3. The molecule has 0 amide bonds. The van der Waals surface area contributed by atoms with E-state index < -0.39 is 23.9 Å².